The number of aliphatic hydroxyl groups is 1. The monoisotopic (exact) mass is 238 g/mol. The summed E-state index contributed by atoms with van der Waals surface area (Å²) in [7, 11) is 0. The van der Waals surface area contributed by atoms with Gasteiger partial charge in [-0.1, -0.05) is 6.07 Å². The second kappa shape index (κ2) is 4.76. The molecule has 6 heteroatoms. The van der Waals surface area contributed by atoms with E-state index < -0.39 is 18.0 Å². The van der Waals surface area contributed by atoms with E-state index in [1.54, 1.807) is 6.07 Å². The molecule has 0 aromatic heterocycles. The molecule has 1 unspecified atom stereocenters. The number of phenols is 1. The summed E-state index contributed by atoms with van der Waals surface area (Å²) in [6, 6.07) is 5.85. The molecule has 1 rings (SSSR count). The minimum atomic E-state index is -4.59. The molecular formula is C9H9F3O2S. The number of thioether (sulfide) groups is 1. The van der Waals surface area contributed by atoms with E-state index in [1.807, 2.05) is 0 Å². The minimum absolute atomic E-state index is 0.0125. The van der Waals surface area contributed by atoms with Crippen LogP contribution in [0.4, 0.5) is 13.2 Å². The van der Waals surface area contributed by atoms with E-state index >= 15 is 0 Å². The molecule has 0 spiro atoms. The highest BCUT2D eigenvalue weighted by atomic mass is 32.2. The van der Waals surface area contributed by atoms with Crippen LogP contribution < -0.4 is 0 Å². The highest BCUT2D eigenvalue weighted by Crippen LogP contribution is 2.27. The van der Waals surface area contributed by atoms with Gasteiger partial charge in [-0.15, -0.1) is 11.8 Å². The molecule has 15 heavy (non-hydrogen) atoms. The lowest BCUT2D eigenvalue weighted by Crippen LogP contribution is -2.30. The summed E-state index contributed by atoms with van der Waals surface area (Å²) in [5.74, 6) is -0.492. The quantitative estimate of drug-likeness (QED) is 0.794. The number of rotatable bonds is 3. The van der Waals surface area contributed by atoms with Crippen molar-refractivity contribution in [2.24, 2.45) is 0 Å². The predicted octanol–water partition coefficient (Wildman–Crippen LogP) is 2.41. The van der Waals surface area contributed by atoms with Crippen LogP contribution in [-0.4, -0.2) is 28.2 Å². The standard InChI is InChI=1S/C9H9F3O2S/c10-9(11,12)8(14)5-15-7-3-1-2-6(13)4-7/h1-4,8,13-14H,5H2. The van der Waals surface area contributed by atoms with Gasteiger partial charge >= 0.3 is 6.18 Å². The fourth-order valence-corrected chi connectivity index (χ4v) is 1.76. The lowest BCUT2D eigenvalue weighted by Gasteiger charge is -2.13. The van der Waals surface area contributed by atoms with Crippen LogP contribution in [0, 0.1) is 0 Å². The predicted molar refractivity (Wildman–Crippen MR) is 50.9 cm³/mol. The van der Waals surface area contributed by atoms with E-state index in [1.165, 1.54) is 18.2 Å². The molecule has 0 radical (unpaired) electrons. The van der Waals surface area contributed by atoms with E-state index in [9.17, 15) is 13.2 Å². The Morgan fingerprint density at radius 2 is 2.00 bits per heavy atom. The Kier molecular flexibility index (Phi) is 3.87. The molecule has 0 saturated heterocycles. The van der Waals surface area contributed by atoms with Gasteiger partial charge in [-0.3, -0.25) is 0 Å². The molecule has 0 aliphatic rings. The molecule has 2 N–H and O–H groups in total. The number of phenolic OH excluding ortho intramolecular Hbond substituents is 1. The summed E-state index contributed by atoms with van der Waals surface area (Å²) >= 11 is 0.840. The highest BCUT2D eigenvalue weighted by molar-refractivity contribution is 7.99. The summed E-state index contributed by atoms with van der Waals surface area (Å²) in [5, 5.41) is 17.7. The van der Waals surface area contributed by atoms with E-state index in [0.717, 1.165) is 11.8 Å². The van der Waals surface area contributed by atoms with Gasteiger partial charge in [-0.05, 0) is 18.2 Å². The van der Waals surface area contributed by atoms with Crippen molar-refractivity contribution in [3.05, 3.63) is 24.3 Å². The summed E-state index contributed by atoms with van der Waals surface area (Å²) in [5.41, 5.74) is 0. The van der Waals surface area contributed by atoms with Gasteiger partial charge < -0.3 is 10.2 Å². The molecule has 0 heterocycles. The van der Waals surface area contributed by atoms with Crippen LogP contribution in [0.2, 0.25) is 0 Å². The average molecular weight is 238 g/mol. The molecule has 2 nitrogen and oxygen atoms in total. The van der Waals surface area contributed by atoms with Gasteiger partial charge in [-0.25, -0.2) is 0 Å². The number of aromatic hydroxyl groups is 1. The number of hydrogen-bond acceptors (Lipinski definition) is 3. The Morgan fingerprint density at radius 3 is 2.53 bits per heavy atom. The van der Waals surface area contributed by atoms with Gasteiger partial charge in [0.2, 0.25) is 0 Å². The molecule has 0 bridgehead atoms. The summed E-state index contributed by atoms with van der Waals surface area (Å²) in [6.45, 7) is 0. The van der Waals surface area contributed by atoms with Gasteiger partial charge in [-0.2, -0.15) is 13.2 Å². The smallest absolute Gasteiger partial charge is 0.415 e. The molecule has 1 aromatic rings. The molecule has 1 aromatic carbocycles. The molecule has 0 amide bonds. The Balaban J connectivity index is 2.51. The highest BCUT2D eigenvalue weighted by Gasteiger charge is 2.37. The molecule has 0 saturated carbocycles. The zero-order valence-corrected chi connectivity index (χ0v) is 8.35. The minimum Gasteiger partial charge on any atom is -0.508 e. The van der Waals surface area contributed by atoms with Crippen LogP contribution in [0.1, 0.15) is 0 Å². The number of aliphatic hydroxyl groups excluding tert-OH is 1. The zero-order valence-electron chi connectivity index (χ0n) is 7.53. The maximum absolute atomic E-state index is 11.9. The van der Waals surface area contributed by atoms with E-state index in [-0.39, 0.29) is 5.75 Å². The molecular weight excluding hydrogens is 229 g/mol. The lowest BCUT2D eigenvalue weighted by molar-refractivity contribution is -0.195. The molecule has 0 aliphatic heterocycles. The first-order valence-corrected chi connectivity index (χ1v) is 5.05. The second-order valence-corrected chi connectivity index (χ2v) is 3.96. The Labute approximate surface area is 88.7 Å². The van der Waals surface area contributed by atoms with Crippen molar-refractivity contribution in [2.45, 2.75) is 17.2 Å². The van der Waals surface area contributed by atoms with Gasteiger partial charge in [0.25, 0.3) is 0 Å². The third-order valence-corrected chi connectivity index (χ3v) is 2.67. The Bertz CT molecular complexity index is 327. The van der Waals surface area contributed by atoms with Crippen molar-refractivity contribution in [2.75, 3.05) is 5.75 Å². The fraction of sp³-hybridized carbons (Fsp3) is 0.333. The van der Waals surface area contributed by atoms with E-state index in [4.69, 9.17) is 10.2 Å². The third-order valence-electron chi connectivity index (χ3n) is 1.60. The lowest BCUT2D eigenvalue weighted by atomic mass is 10.3. The molecule has 0 fully saturated rings. The maximum Gasteiger partial charge on any atom is 0.415 e. The van der Waals surface area contributed by atoms with Gasteiger partial charge in [0.1, 0.15) is 5.75 Å². The maximum atomic E-state index is 11.9. The molecule has 84 valence electrons. The largest absolute Gasteiger partial charge is 0.508 e. The number of alkyl halides is 3. The first-order valence-electron chi connectivity index (χ1n) is 4.06. The van der Waals surface area contributed by atoms with Crippen LogP contribution in [0.3, 0.4) is 0 Å². The summed E-state index contributed by atoms with van der Waals surface area (Å²) in [6.07, 6.45) is -6.94. The molecule has 0 aliphatic carbocycles. The number of halogens is 3. The van der Waals surface area contributed by atoms with Crippen molar-refractivity contribution < 1.29 is 23.4 Å². The van der Waals surface area contributed by atoms with Crippen LogP contribution in [-0.2, 0) is 0 Å². The third kappa shape index (κ3) is 4.01. The van der Waals surface area contributed by atoms with Crippen molar-refractivity contribution in [3.8, 4) is 5.75 Å². The van der Waals surface area contributed by atoms with Crippen molar-refractivity contribution in [1.82, 2.24) is 0 Å². The van der Waals surface area contributed by atoms with Crippen molar-refractivity contribution in [1.29, 1.82) is 0 Å². The van der Waals surface area contributed by atoms with Crippen LogP contribution >= 0.6 is 11.8 Å². The summed E-state index contributed by atoms with van der Waals surface area (Å²) < 4.78 is 35.8. The SMILES string of the molecule is Oc1cccc(SCC(O)C(F)(F)F)c1. The van der Waals surface area contributed by atoms with Gasteiger partial charge in [0, 0.05) is 10.6 Å². The Morgan fingerprint density at radius 1 is 1.33 bits per heavy atom. The fourth-order valence-electron chi connectivity index (χ4n) is 0.843. The molecule has 1 atom stereocenters. The van der Waals surface area contributed by atoms with E-state index in [0.29, 0.717) is 4.90 Å². The van der Waals surface area contributed by atoms with Crippen LogP contribution in [0.25, 0.3) is 0 Å². The zero-order chi connectivity index (χ0) is 11.5. The summed E-state index contributed by atoms with van der Waals surface area (Å²) in [4.78, 5) is 0.485. The first-order chi connectivity index (χ1) is 6.89. The van der Waals surface area contributed by atoms with Crippen molar-refractivity contribution >= 4 is 11.8 Å². The van der Waals surface area contributed by atoms with Crippen LogP contribution in [0.5, 0.6) is 5.75 Å². The van der Waals surface area contributed by atoms with Gasteiger partial charge in [0.05, 0.1) is 0 Å². The average Bonchev–Trinajstić information content (AvgIpc) is 2.12. The van der Waals surface area contributed by atoms with Crippen molar-refractivity contribution in [3.63, 3.8) is 0 Å². The van der Waals surface area contributed by atoms with Gasteiger partial charge in [0.15, 0.2) is 6.10 Å². The number of benzene rings is 1. The first kappa shape index (κ1) is 12.2. The number of hydrogen-bond donors (Lipinski definition) is 2. The second-order valence-electron chi connectivity index (χ2n) is 2.87. The van der Waals surface area contributed by atoms with Crippen LogP contribution in [0.15, 0.2) is 29.2 Å². The Hall–Kier alpha value is -0.880. The van der Waals surface area contributed by atoms with E-state index in [2.05, 4.69) is 0 Å². The topological polar surface area (TPSA) is 40.5 Å². The normalized spacial score (nSPS) is 13.9.